The van der Waals surface area contributed by atoms with E-state index in [9.17, 15) is 10.2 Å². The molecule has 17 heavy (non-hydrogen) atoms. The molecule has 0 amide bonds. The Kier molecular flexibility index (Phi) is 4.07. The van der Waals surface area contributed by atoms with Crippen LogP contribution in [-0.2, 0) is 0 Å². The minimum atomic E-state index is 0.0285. The number of rotatable bonds is 4. The summed E-state index contributed by atoms with van der Waals surface area (Å²) >= 11 is 1.59. The van der Waals surface area contributed by atoms with Crippen LogP contribution in [0.4, 0.5) is 0 Å². The van der Waals surface area contributed by atoms with Gasteiger partial charge < -0.3 is 10.2 Å². The largest absolute Gasteiger partial charge is 0.508 e. The molecule has 0 radical (unpaired) electrons. The van der Waals surface area contributed by atoms with E-state index in [2.05, 4.69) is 0 Å². The van der Waals surface area contributed by atoms with Crippen LogP contribution in [0.5, 0.6) is 5.75 Å². The van der Waals surface area contributed by atoms with Crippen molar-refractivity contribution in [2.75, 3.05) is 6.61 Å². The van der Waals surface area contributed by atoms with Gasteiger partial charge in [0.05, 0.1) is 11.9 Å². The van der Waals surface area contributed by atoms with E-state index in [1.165, 1.54) is 0 Å². The summed E-state index contributed by atoms with van der Waals surface area (Å²) in [5.41, 5.74) is 1.10. The number of hydrogen-bond donors (Lipinski definition) is 2. The highest BCUT2D eigenvalue weighted by atomic mass is 32.2. The number of aromatic hydroxyl groups is 1. The molecule has 0 aromatic heterocycles. The van der Waals surface area contributed by atoms with Crippen LogP contribution in [0.1, 0.15) is 10.8 Å². The molecule has 2 aromatic rings. The lowest BCUT2D eigenvalue weighted by Gasteiger charge is -2.14. The molecule has 3 heteroatoms. The topological polar surface area (TPSA) is 40.5 Å². The van der Waals surface area contributed by atoms with Gasteiger partial charge in [0.25, 0.3) is 0 Å². The van der Waals surface area contributed by atoms with Gasteiger partial charge in [-0.1, -0.05) is 30.3 Å². The molecule has 0 spiro atoms. The maximum absolute atomic E-state index is 9.43. The maximum atomic E-state index is 9.43. The van der Waals surface area contributed by atoms with E-state index in [0.717, 1.165) is 10.5 Å². The van der Waals surface area contributed by atoms with Crippen LogP contribution in [0.25, 0.3) is 0 Å². The first-order valence-corrected chi connectivity index (χ1v) is 6.29. The quantitative estimate of drug-likeness (QED) is 0.814. The predicted molar refractivity (Wildman–Crippen MR) is 70.2 cm³/mol. The Morgan fingerprint density at radius 1 is 0.941 bits per heavy atom. The van der Waals surface area contributed by atoms with Crippen LogP contribution in [0.3, 0.4) is 0 Å². The summed E-state index contributed by atoms with van der Waals surface area (Å²) in [5.74, 6) is 0.259. The van der Waals surface area contributed by atoms with Gasteiger partial charge in [0.1, 0.15) is 5.75 Å². The van der Waals surface area contributed by atoms with E-state index in [4.69, 9.17) is 0 Å². The number of phenols is 1. The van der Waals surface area contributed by atoms with Crippen LogP contribution >= 0.6 is 11.8 Å². The third-order valence-corrected chi connectivity index (χ3v) is 3.70. The minimum Gasteiger partial charge on any atom is -0.508 e. The molecule has 0 aliphatic heterocycles. The van der Waals surface area contributed by atoms with Crippen molar-refractivity contribution in [3.63, 3.8) is 0 Å². The number of phenolic OH excluding ortho intramolecular Hbond substituents is 1. The fourth-order valence-electron chi connectivity index (χ4n) is 1.57. The molecular weight excluding hydrogens is 232 g/mol. The second-order valence-corrected chi connectivity index (χ2v) is 4.97. The lowest BCUT2D eigenvalue weighted by atomic mass is 10.2. The first-order chi connectivity index (χ1) is 8.29. The van der Waals surface area contributed by atoms with Gasteiger partial charge in [-0.05, 0) is 29.8 Å². The van der Waals surface area contributed by atoms with Crippen molar-refractivity contribution < 1.29 is 10.2 Å². The number of benzene rings is 2. The van der Waals surface area contributed by atoms with Gasteiger partial charge in [-0.3, -0.25) is 0 Å². The fourth-order valence-corrected chi connectivity index (χ4v) is 2.56. The van der Waals surface area contributed by atoms with E-state index < -0.39 is 0 Å². The minimum absolute atomic E-state index is 0.0285. The summed E-state index contributed by atoms with van der Waals surface area (Å²) in [6.45, 7) is 0.0928. The van der Waals surface area contributed by atoms with E-state index in [1.54, 1.807) is 23.9 Å². The molecule has 0 aliphatic carbocycles. The standard InChI is InChI=1S/C14H14O2S/c15-10-14(11-4-2-1-3-5-11)17-13-8-6-12(16)7-9-13/h1-9,14-16H,10H2. The molecule has 0 saturated carbocycles. The van der Waals surface area contributed by atoms with Gasteiger partial charge in [0.2, 0.25) is 0 Å². The third kappa shape index (κ3) is 3.25. The van der Waals surface area contributed by atoms with Crippen LogP contribution in [0.2, 0.25) is 0 Å². The molecule has 88 valence electrons. The molecule has 0 heterocycles. The Morgan fingerprint density at radius 3 is 2.18 bits per heavy atom. The van der Waals surface area contributed by atoms with E-state index in [0.29, 0.717) is 0 Å². The molecule has 2 rings (SSSR count). The van der Waals surface area contributed by atoms with Gasteiger partial charge in [-0.15, -0.1) is 11.8 Å². The summed E-state index contributed by atoms with van der Waals surface area (Å²) in [6, 6.07) is 16.9. The van der Waals surface area contributed by atoms with Gasteiger partial charge in [-0.2, -0.15) is 0 Å². The van der Waals surface area contributed by atoms with E-state index in [-0.39, 0.29) is 17.6 Å². The Hall–Kier alpha value is -1.45. The predicted octanol–water partition coefficient (Wildman–Crippen LogP) is 3.22. The number of aliphatic hydroxyl groups is 1. The van der Waals surface area contributed by atoms with Crippen molar-refractivity contribution >= 4 is 11.8 Å². The zero-order valence-electron chi connectivity index (χ0n) is 9.28. The summed E-state index contributed by atoms with van der Waals surface area (Å²) < 4.78 is 0. The SMILES string of the molecule is OCC(Sc1ccc(O)cc1)c1ccccc1. The van der Waals surface area contributed by atoms with Gasteiger partial charge in [-0.25, -0.2) is 0 Å². The number of hydrogen-bond acceptors (Lipinski definition) is 3. The first kappa shape index (κ1) is 12.0. The van der Waals surface area contributed by atoms with Gasteiger partial charge in [0, 0.05) is 4.90 Å². The summed E-state index contributed by atoms with van der Waals surface area (Å²) in [5, 5.41) is 18.7. The van der Waals surface area contributed by atoms with Crippen LogP contribution in [0, 0.1) is 0 Å². The van der Waals surface area contributed by atoms with Gasteiger partial charge >= 0.3 is 0 Å². The molecular formula is C14H14O2S. The third-order valence-electron chi connectivity index (χ3n) is 2.45. The van der Waals surface area contributed by atoms with Crippen molar-refractivity contribution in [3.8, 4) is 5.75 Å². The Morgan fingerprint density at radius 2 is 1.59 bits per heavy atom. The second-order valence-electron chi connectivity index (χ2n) is 3.69. The van der Waals surface area contributed by atoms with Crippen LogP contribution in [0.15, 0.2) is 59.5 Å². The summed E-state index contributed by atoms with van der Waals surface area (Å²) in [7, 11) is 0. The summed E-state index contributed by atoms with van der Waals surface area (Å²) in [6.07, 6.45) is 0. The van der Waals surface area contributed by atoms with Crippen molar-refractivity contribution in [3.05, 3.63) is 60.2 Å². The fraction of sp³-hybridized carbons (Fsp3) is 0.143. The molecule has 2 N–H and O–H groups in total. The average molecular weight is 246 g/mol. The molecule has 1 atom stereocenters. The normalized spacial score (nSPS) is 12.3. The monoisotopic (exact) mass is 246 g/mol. The highest BCUT2D eigenvalue weighted by molar-refractivity contribution is 7.99. The second kappa shape index (κ2) is 5.75. The molecule has 2 nitrogen and oxygen atoms in total. The lowest BCUT2D eigenvalue weighted by Crippen LogP contribution is -1.99. The Balaban J connectivity index is 2.13. The zero-order valence-corrected chi connectivity index (χ0v) is 10.1. The molecule has 0 saturated heterocycles. The molecule has 0 aliphatic rings. The zero-order chi connectivity index (χ0) is 12.1. The highest BCUT2D eigenvalue weighted by Crippen LogP contribution is 2.35. The number of aliphatic hydroxyl groups excluding tert-OH is 1. The smallest absolute Gasteiger partial charge is 0.115 e. The molecule has 1 unspecified atom stereocenters. The van der Waals surface area contributed by atoms with E-state index >= 15 is 0 Å². The molecule has 0 bridgehead atoms. The Labute approximate surface area is 105 Å². The van der Waals surface area contributed by atoms with Crippen molar-refractivity contribution in [1.29, 1.82) is 0 Å². The van der Waals surface area contributed by atoms with E-state index in [1.807, 2.05) is 42.5 Å². The average Bonchev–Trinajstić information content (AvgIpc) is 2.39. The van der Waals surface area contributed by atoms with Crippen molar-refractivity contribution in [2.24, 2.45) is 0 Å². The van der Waals surface area contributed by atoms with Crippen molar-refractivity contribution in [1.82, 2.24) is 0 Å². The first-order valence-electron chi connectivity index (χ1n) is 5.41. The highest BCUT2D eigenvalue weighted by Gasteiger charge is 2.11. The number of thioether (sulfide) groups is 1. The molecule has 2 aromatic carbocycles. The lowest BCUT2D eigenvalue weighted by molar-refractivity contribution is 0.296. The van der Waals surface area contributed by atoms with Gasteiger partial charge in [0.15, 0.2) is 0 Å². The summed E-state index contributed by atoms with van der Waals surface area (Å²) in [4.78, 5) is 1.03. The van der Waals surface area contributed by atoms with Crippen molar-refractivity contribution in [2.45, 2.75) is 10.1 Å². The van der Waals surface area contributed by atoms with Crippen LogP contribution < -0.4 is 0 Å². The van der Waals surface area contributed by atoms with Crippen LogP contribution in [-0.4, -0.2) is 16.8 Å². The molecule has 0 fully saturated rings. The Bertz CT molecular complexity index is 453. The maximum Gasteiger partial charge on any atom is 0.115 e.